The molecule has 1 amide bonds. The lowest BCUT2D eigenvalue weighted by atomic mass is 10.1. The third-order valence-electron chi connectivity index (χ3n) is 2.58. The number of nitrogens with two attached hydrogens (primary N) is 1. The zero-order chi connectivity index (χ0) is 11.5. The van der Waals surface area contributed by atoms with E-state index in [1.807, 2.05) is 18.2 Å². The summed E-state index contributed by atoms with van der Waals surface area (Å²) in [6.45, 7) is 2.46. The van der Waals surface area contributed by atoms with Crippen LogP contribution < -0.4 is 16.0 Å². The summed E-state index contributed by atoms with van der Waals surface area (Å²) in [6, 6.07) is 6.04. The highest BCUT2D eigenvalue weighted by Crippen LogP contribution is 2.23. The Balaban J connectivity index is 2.24. The molecule has 0 atom stereocenters. The van der Waals surface area contributed by atoms with Crippen LogP contribution in [0.15, 0.2) is 22.7 Å². The Kier molecular flexibility index (Phi) is 3.46. The summed E-state index contributed by atoms with van der Waals surface area (Å²) in [6.07, 6.45) is 0. The highest BCUT2D eigenvalue weighted by atomic mass is 79.9. The van der Waals surface area contributed by atoms with Gasteiger partial charge in [0.25, 0.3) is 0 Å². The largest absolute Gasteiger partial charge is 0.360 e. The molecule has 3 N–H and O–H groups in total. The van der Waals surface area contributed by atoms with Crippen LogP contribution in [0, 0.1) is 0 Å². The van der Waals surface area contributed by atoms with Gasteiger partial charge in [-0.3, -0.25) is 4.79 Å². The van der Waals surface area contributed by atoms with E-state index in [0.717, 1.165) is 22.3 Å². The smallest absolute Gasteiger partial charge is 0.239 e. The van der Waals surface area contributed by atoms with E-state index in [0.29, 0.717) is 19.6 Å². The number of benzene rings is 1. The van der Waals surface area contributed by atoms with Gasteiger partial charge >= 0.3 is 0 Å². The molecule has 1 saturated heterocycles. The average molecular weight is 284 g/mol. The first-order valence-corrected chi connectivity index (χ1v) is 5.99. The lowest BCUT2D eigenvalue weighted by Crippen LogP contribution is -2.47. The Morgan fingerprint density at radius 2 is 2.25 bits per heavy atom. The van der Waals surface area contributed by atoms with Crippen LogP contribution in [0.1, 0.15) is 5.56 Å². The van der Waals surface area contributed by atoms with E-state index >= 15 is 0 Å². The zero-order valence-electron chi connectivity index (χ0n) is 8.87. The number of carbonyl (C=O) groups excluding carboxylic acids is 1. The van der Waals surface area contributed by atoms with Gasteiger partial charge in [-0.1, -0.05) is 15.9 Å². The van der Waals surface area contributed by atoms with E-state index in [1.54, 1.807) is 0 Å². The molecule has 4 nitrogen and oxygen atoms in total. The summed E-state index contributed by atoms with van der Waals surface area (Å²) in [7, 11) is 0. The summed E-state index contributed by atoms with van der Waals surface area (Å²) >= 11 is 3.45. The Hall–Kier alpha value is -1.07. The van der Waals surface area contributed by atoms with E-state index in [-0.39, 0.29) is 5.91 Å². The van der Waals surface area contributed by atoms with Crippen LogP contribution in [0.3, 0.4) is 0 Å². The van der Waals surface area contributed by atoms with Crippen molar-refractivity contribution in [1.82, 2.24) is 5.32 Å². The minimum atomic E-state index is 0.0699. The molecule has 0 saturated carbocycles. The Labute approximate surface area is 103 Å². The first kappa shape index (κ1) is 11.4. The minimum Gasteiger partial charge on any atom is -0.360 e. The lowest BCUT2D eigenvalue weighted by Gasteiger charge is -2.29. The highest BCUT2D eigenvalue weighted by molar-refractivity contribution is 9.10. The van der Waals surface area contributed by atoms with Crippen molar-refractivity contribution < 1.29 is 4.79 Å². The maximum atomic E-state index is 11.3. The highest BCUT2D eigenvalue weighted by Gasteiger charge is 2.16. The fourth-order valence-electron chi connectivity index (χ4n) is 1.79. The van der Waals surface area contributed by atoms with E-state index in [4.69, 9.17) is 5.73 Å². The molecule has 1 aliphatic rings. The summed E-state index contributed by atoms with van der Waals surface area (Å²) < 4.78 is 0.997. The molecule has 1 aromatic rings. The van der Waals surface area contributed by atoms with Crippen LogP contribution in [-0.4, -0.2) is 25.5 Å². The van der Waals surface area contributed by atoms with E-state index in [1.165, 1.54) is 0 Å². The maximum Gasteiger partial charge on any atom is 0.239 e. The maximum absolute atomic E-state index is 11.3. The molecule has 0 bridgehead atoms. The van der Waals surface area contributed by atoms with Crippen molar-refractivity contribution in [2.24, 2.45) is 5.73 Å². The van der Waals surface area contributed by atoms with Crippen molar-refractivity contribution in [3.05, 3.63) is 28.2 Å². The van der Waals surface area contributed by atoms with Gasteiger partial charge in [0.05, 0.1) is 6.54 Å². The van der Waals surface area contributed by atoms with Crippen LogP contribution in [0.5, 0.6) is 0 Å². The number of hydrogen-bond donors (Lipinski definition) is 2. The van der Waals surface area contributed by atoms with Gasteiger partial charge in [-0.15, -0.1) is 0 Å². The quantitative estimate of drug-likeness (QED) is 0.846. The van der Waals surface area contributed by atoms with E-state index < -0.39 is 0 Å². The summed E-state index contributed by atoms with van der Waals surface area (Å²) in [5, 5.41) is 2.81. The molecule has 16 heavy (non-hydrogen) atoms. The van der Waals surface area contributed by atoms with Gasteiger partial charge in [0.1, 0.15) is 0 Å². The van der Waals surface area contributed by atoms with Gasteiger partial charge < -0.3 is 16.0 Å². The second-order valence-corrected chi connectivity index (χ2v) is 4.71. The predicted molar refractivity (Wildman–Crippen MR) is 67.3 cm³/mol. The molecule has 0 aromatic heterocycles. The Bertz CT molecular complexity index is 408. The summed E-state index contributed by atoms with van der Waals surface area (Å²) in [5.74, 6) is 0.0699. The van der Waals surface area contributed by atoms with Gasteiger partial charge in [0, 0.05) is 29.8 Å². The predicted octanol–water partition coefficient (Wildman–Crippen LogP) is 0.844. The number of hydrogen-bond acceptors (Lipinski definition) is 3. The molecule has 0 aliphatic carbocycles. The first-order valence-electron chi connectivity index (χ1n) is 5.20. The van der Waals surface area contributed by atoms with Crippen molar-refractivity contribution >= 4 is 27.5 Å². The molecule has 1 aromatic carbocycles. The summed E-state index contributed by atoms with van der Waals surface area (Å²) in [5.41, 5.74) is 7.74. The number of carbonyl (C=O) groups is 1. The van der Waals surface area contributed by atoms with E-state index in [2.05, 4.69) is 26.1 Å². The van der Waals surface area contributed by atoms with Crippen molar-refractivity contribution in [2.45, 2.75) is 6.54 Å². The van der Waals surface area contributed by atoms with Crippen LogP contribution in [0.4, 0.5) is 5.69 Å². The topological polar surface area (TPSA) is 58.4 Å². The fourth-order valence-corrected chi connectivity index (χ4v) is 2.32. The van der Waals surface area contributed by atoms with Crippen LogP contribution in [0.25, 0.3) is 0 Å². The number of piperazine rings is 1. The number of nitrogens with one attached hydrogen (secondary N) is 1. The molecule has 1 fully saturated rings. The molecule has 2 rings (SSSR count). The van der Waals surface area contributed by atoms with Crippen LogP contribution in [0.2, 0.25) is 0 Å². The molecular weight excluding hydrogens is 270 g/mol. The number of nitrogens with zero attached hydrogens (tertiary/aromatic N) is 1. The SMILES string of the molecule is NCc1cc(Br)cc(N2CCNC(=O)C2)c1. The van der Waals surface area contributed by atoms with Crippen molar-refractivity contribution in [2.75, 3.05) is 24.5 Å². The number of rotatable bonds is 2. The first-order chi connectivity index (χ1) is 7.69. The minimum absolute atomic E-state index is 0.0699. The number of amides is 1. The lowest BCUT2D eigenvalue weighted by molar-refractivity contribution is -0.120. The van der Waals surface area contributed by atoms with Gasteiger partial charge in [-0.2, -0.15) is 0 Å². The molecule has 0 radical (unpaired) electrons. The van der Waals surface area contributed by atoms with Gasteiger partial charge in [0.15, 0.2) is 0 Å². The molecule has 86 valence electrons. The van der Waals surface area contributed by atoms with Gasteiger partial charge in [-0.25, -0.2) is 0 Å². The number of halogens is 1. The third kappa shape index (κ3) is 2.54. The number of anilines is 1. The molecule has 1 aliphatic heterocycles. The Morgan fingerprint density at radius 3 is 2.94 bits per heavy atom. The zero-order valence-corrected chi connectivity index (χ0v) is 10.5. The molecule has 0 spiro atoms. The third-order valence-corrected chi connectivity index (χ3v) is 3.04. The normalized spacial score (nSPS) is 16.1. The van der Waals surface area contributed by atoms with Crippen LogP contribution >= 0.6 is 15.9 Å². The summed E-state index contributed by atoms with van der Waals surface area (Å²) in [4.78, 5) is 13.4. The Morgan fingerprint density at radius 1 is 1.44 bits per heavy atom. The second-order valence-electron chi connectivity index (χ2n) is 3.79. The van der Waals surface area contributed by atoms with E-state index in [9.17, 15) is 4.79 Å². The molecular formula is C11H14BrN3O. The molecule has 1 heterocycles. The molecule has 5 heteroatoms. The average Bonchev–Trinajstić information content (AvgIpc) is 2.28. The van der Waals surface area contributed by atoms with Crippen molar-refractivity contribution in [1.29, 1.82) is 0 Å². The van der Waals surface area contributed by atoms with Crippen molar-refractivity contribution in [3.63, 3.8) is 0 Å². The van der Waals surface area contributed by atoms with Gasteiger partial charge in [-0.05, 0) is 23.8 Å². The fraction of sp³-hybridized carbons (Fsp3) is 0.364. The second kappa shape index (κ2) is 4.84. The standard InChI is InChI=1S/C11H14BrN3O/c12-9-3-8(6-13)4-10(5-9)15-2-1-14-11(16)7-15/h3-5H,1-2,6-7,13H2,(H,14,16). The van der Waals surface area contributed by atoms with Crippen LogP contribution in [-0.2, 0) is 11.3 Å². The molecule has 0 unspecified atom stereocenters. The van der Waals surface area contributed by atoms with Crippen molar-refractivity contribution in [3.8, 4) is 0 Å². The monoisotopic (exact) mass is 283 g/mol. The van der Waals surface area contributed by atoms with Gasteiger partial charge in [0.2, 0.25) is 5.91 Å².